The zero-order valence-electron chi connectivity index (χ0n) is 10.2. The lowest BCUT2D eigenvalue weighted by Crippen LogP contribution is -2.14. The lowest BCUT2D eigenvalue weighted by atomic mass is 10.1. The second-order valence-corrected chi connectivity index (χ2v) is 4.14. The maximum atomic E-state index is 13.4. The van der Waals surface area contributed by atoms with Gasteiger partial charge in [-0.05, 0) is 18.2 Å². The van der Waals surface area contributed by atoms with E-state index in [0.717, 1.165) is 12.1 Å². The van der Waals surface area contributed by atoms with Crippen LogP contribution in [0.1, 0.15) is 11.7 Å². The van der Waals surface area contributed by atoms with Gasteiger partial charge >= 0.3 is 0 Å². The van der Waals surface area contributed by atoms with Crippen molar-refractivity contribution in [3.05, 3.63) is 65.2 Å². The Hall–Kier alpha value is -2.08. The first kappa shape index (κ1) is 14.3. The Balaban J connectivity index is 2.10. The molecule has 0 aromatic heterocycles. The molecule has 0 amide bonds. The number of anilines is 1. The van der Waals surface area contributed by atoms with Crippen molar-refractivity contribution in [1.29, 1.82) is 0 Å². The molecule has 0 fully saturated rings. The highest BCUT2D eigenvalue weighted by Crippen LogP contribution is 2.22. The van der Waals surface area contributed by atoms with E-state index in [1.54, 1.807) is 6.07 Å². The van der Waals surface area contributed by atoms with Crippen molar-refractivity contribution in [1.82, 2.24) is 0 Å². The van der Waals surface area contributed by atoms with Gasteiger partial charge in [0.05, 0.1) is 11.8 Å². The molecule has 0 aliphatic rings. The molecular weight excluding hydrogens is 274 g/mol. The minimum Gasteiger partial charge on any atom is -0.386 e. The lowest BCUT2D eigenvalue weighted by molar-refractivity contribution is 0.186. The molecule has 0 saturated carbocycles. The van der Waals surface area contributed by atoms with Gasteiger partial charge in [0, 0.05) is 12.1 Å². The van der Waals surface area contributed by atoms with Crippen molar-refractivity contribution < 1.29 is 22.7 Å². The third-order valence-corrected chi connectivity index (χ3v) is 2.79. The van der Waals surface area contributed by atoms with Crippen LogP contribution < -0.4 is 5.32 Å². The summed E-state index contributed by atoms with van der Waals surface area (Å²) in [6.07, 6.45) is -1.25. The molecule has 2 nitrogen and oxygen atoms in total. The topological polar surface area (TPSA) is 32.3 Å². The Morgan fingerprint density at radius 2 is 1.60 bits per heavy atom. The second-order valence-electron chi connectivity index (χ2n) is 4.14. The first-order valence-corrected chi connectivity index (χ1v) is 5.80. The van der Waals surface area contributed by atoms with E-state index in [1.165, 1.54) is 18.2 Å². The first-order valence-electron chi connectivity index (χ1n) is 5.80. The Morgan fingerprint density at radius 3 is 2.30 bits per heavy atom. The molecule has 2 N–H and O–H groups in total. The van der Waals surface area contributed by atoms with Crippen LogP contribution in [0.25, 0.3) is 0 Å². The average Bonchev–Trinajstić information content (AvgIpc) is 2.44. The molecule has 2 rings (SSSR count). The standard InChI is InChI=1S/C14H11F4NO/c15-9-4-2-1-3-8(9)12(20)7-19-11-6-5-10(16)13(17)14(11)18/h1-6,12,19-20H,7H2. The molecule has 0 saturated heterocycles. The SMILES string of the molecule is OC(CNc1ccc(F)c(F)c1F)c1ccccc1F. The van der Waals surface area contributed by atoms with Crippen LogP contribution in [0, 0.1) is 23.3 Å². The molecule has 0 radical (unpaired) electrons. The van der Waals surface area contributed by atoms with E-state index in [4.69, 9.17) is 0 Å². The van der Waals surface area contributed by atoms with Gasteiger partial charge in [0.2, 0.25) is 0 Å². The minimum absolute atomic E-state index is 0.0305. The molecule has 1 atom stereocenters. The predicted octanol–water partition coefficient (Wildman–Crippen LogP) is 3.39. The van der Waals surface area contributed by atoms with E-state index in [-0.39, 0.29) is 17.8 Å². The van der Waals surface area contributed by atoms with Gasteiger partial charge in [-0.1, -0.05) is 18.2 Å². The van der Waals surface area contributed by atoms with E-state index >= 15 is 0 Å². The zero-order valence-corrected chi connectivity index (χ0v) is 10.2. The van der Waals surface area contributed by atoms with E-state index in [9.17, 15) is 22.7 Å². The normalized spacial score (nSPS) is 12.2. The molecule has 0 aliphatic heterocycles. The van der Waals surface area contributed by atoms with E-state index in [0.29, 0.717) is 0 Å². The Morgan fingerprint density at radius 1 is 0.900 bits per heavy atom. The summed E-state index contributed by atoms with van der Waals surface area (Å²) in [5, 5.41) is 12.2. The quantitative estimate of drug-likeness (QED) is 0.666. The lowest BCUT2D eigenvalue weighted by Gasteiger charge is -2.14. The maximum absolute atomic E-state index is 13.4. The van der Waals surface area contributed by atoms with Gasteiger partial charge < -0.3 is 10.4 Å². The molecule has 0 spiro atoms. The number of hydrogen-bond acceptors (Lipinski definition) is 2. The molecule has 6 heteroatoms. The van der Waals surface area contributed by atoms with Crippen molar-refractivity contribution >= 4 is 5.69 Å². The number of aliphatic hydroxyl groups is 1. The largest absolute Gasteiger partial charge is 0.386 e. The van der Waals surface area contributed by atoms with Crippen LogP contribution in [0.2, 0.25) is 0 Å². The Kier molecular flexibility index (Phi) is 4.24. The van der Waals surface area contributed by atoms with Crippen LogP contribution in [0.3, 0.4) is 0 Å². The monoisotopic (exact) mass is 285 g/mol. The summed E-state index contributed by atoms with van der Waals surface area (Å²) in [4.78, 5) is 0. The summed E-state index contributed by atoms with van der Waals surface area (Å²) in [6, 6.07) is 7.33. The number of hydrogen-bond donors (Lipinski definition) is 2. The number of halogens is 4. The van der Waals surface area contributed by atoms with Crippen LogP contribution in [0.15, 0.2) is 36.4 Å². The molecule has 1 unspecified atom stereocenters. The van der Waals surface area contributed by atoms with Gasteiger partial charge in [-0.3, -0.25) is 0 Å². The Labute approximate surface area is 112 Å². The molecule has 2 aromatic rings. The van der Waals surface area contributed by atoms with Gasteiger partial charge in [0.25, 0.3) is 0 Å². The summed E-state index contributed by atoms with van der Waals surface area (Å²) in [5.41, 5.74) is -0.276. The summed E-state index contributed by atoms with van der Waals surface area (Å²) in [6.45, 7) is -0.247. The highest BCUT2D eigenvalue weighted by atomic mass is 19.2. The summed E-state index contributed by atoms with van der Waals surface area (Å²) >= 11 is 0. The summed E-state index contributed by atoms with van der Waals surface area (Å²) < 4.78 is 52.5. The highest BCUT2D eigenvalue weighted by Gasteiger charge is 2.16. The smallest absolute Gasteiger partial charge is 0.196 e. The number of aliphatic hydroxyl groups excluding tert-OH is 1. The van der Waals surface area contributed by atoms with Crippen LogP contribution in [-0.2, 0) is 0 Å². The Bertz CT molecular complexity index is 618. The highest BCUT2D eigenvalue weighted by molar-refractivity contribution is 5.45. The van der Waals surface area contributed by atoms with Crippen LogP contribution in [0.4, 0.5) is 23.2 Å². The van der Waals surface area contributed by atoms with Crippen LogP contribution in [-0.4, -0.2) is 11.7 Å². The minimum atomic E-state index is -1.60. The van der Waals surface area contributed by atoms with Crippen LogP contribution in [0.5, 0.6) is 0 Å². The van der Waals surface area contributed by atoms with Crippen molar-refractivity contribution in [2.45, 2.75) is 6.10 Å². The fourth-order valence-electron chi connectivity index (χ4n) is 1.72. The molecule has 0 aliphatic carbocycles. The van der Waals surface area contributed by atoms with E-state index in [2.05, 4.69) is 5.32 Å². The molecule has 0 bridgehead atoms. The molecule has 2 aromatic carbocycles. The van der Waals surface area contributed by atoms with Gasteiger partial charge in [-0.15, -0.1) is 0 Å². The maximum Gasteiger partial charge on any atom is 0.196 e. The fraction of sp³-hybridized carbons (Fsp3) is 0.143. The van der Waals surface area contributed by atoms with Crippen molar-refractivity contribution in [2.24, 2.45) is 0 Å². The molecular formula is C14H11F4NO. The second kappa shape index (κ2) is 5.92. The average molecular weight is 285 g/mol. The molecule has 20 heavy (non-hydrogen) atoms. The number of rotatable bonds is 4. The zero-order chi connectivity index (χ0) is 14.7. The fourth-order valence-corrected chi connectivity index (χ4v) is 1.72. The van der Waals surface area contributed by atoms with Crippen LogP contribution >= 0.6 is 0 Å². The number of nitrogens with one attached hydrogen (secondary N) is 1. The first-order chi connectivity index (χ1) is 9.50. The van der Waals surface area contributed by atoms with Gasteiger partial charge in [0.15, 0.2) is 17.5 Å². The molecule has 0 heterocycles. The van der Waals surface area contributed by atoms with E-state index in [1.807, 2.05) is 0 Å². The van der Waals surface area contributed by atoms with Gasteiger partial charge in [0.1, 0.15) is 5.82 Å². The number of benzene rings is 2. The predicted molar refractivity (Wildman–Crippen MR) is 66.2 cm³/mol. The van der Waals surface area contributed by atoms with E-state index < -0.39 is 29.4 Å². The molecule has 106 valence electrons. The summed E-state index contributed by atoms with van der Waals surface area (Å²) in [7, 11) is 0. The van der Waals surface area contributed by atoms with Crippen molar-refractivity contribution in [3.63, 3.8) is 0 Å². The third kappa shape index (κ3) is 2.91. The van der Waals surface area contributed by atoms with Gasteiger partial charge in [-0.2, -0.15) is 0 Å². The van der Waals surface area contributed by atoms with Crippen molar-refractivity contribution in [2.75, 3.05) is 11.9 Å². The van der Waals surface area contributed by atoms with Crippen molar-refractivity contribution in [3.8, 4) is 0 Å². The van der Waals surface area contributed by atoms with Gasteiger partial charge in [-0.25, -0.2) is 17.6 Å². The third-order valence-electron chi connectivity index (χ3n) is 2.79. The summed E-state index contributed by atoms with van der Waals surface area (Å²) in [5.74, 6) is -4.89.